The van der Waals surface area contributed by atoms with Crippen LogP contribution in [0.2, 0.25) is 0 Å². The molecule has 0 atom stereocenters. The maximum absolute atomic E-state index is 12.9. The summed E-state index contributed by atoms with van der Waals surface area (Å²) in [6.07, 6.45) is 0. The van der Waals surface area contributed by atoms with Crippen LogP contribution in [-0.4, -0.2) is 10.9 Å². The predicted octanol–water partition coefficient (Wildman–Crippen LogP) is 4.24. The molecule has 0 saturated heterocycles. The Hall–Kier alpha value is -2.75. The molecule has 1 aromatic heterocycles. The van der Waals surface area contributed by atoms with E-state index in [1.165, 1.54) is 24.3 Å². The van der Waals surface area contributed by atoms with Crippen LogP contribution in [-0.2, 0) is 0 Å². The van der Waals surface area contributed by atoms with Crippen LogP contribution in [0.25, 0.3) is 10.9 Å². The molecule has 110 valence electrons. The first kappa shape index (κ1) is 14.2. The molecule has 0 unspecified atom stereocenters. The third-order valence-corrected chi connectivity index (χ3v) is 3.44. The third kappa shape index (κ3) is 2.81. The SMILES string of the molecule is Cc1ccc2nc(C)cc(C(=O)Nc3ccc(F)cc3)c2c1. The number of aromatic nitrogens is 1. The van der Waals surface area contributed by atoms with Gasteiger partial charge in [0, 0.05) is 16.8 Å². The molecule has 0 aliphatic rings. The summed E-state index contributed by atoms with van der Waals surface area (Å²) in [5.41, 5.74) is 3.75. The molecule has 1 amide bonds. The largest absolute Gasteiger partial charge is 0.322 e. The highest BCUT2D eigenvalue weighted by atomic mass is 19.1. The number of anilines is 1. The first-order valence-corrected chi connectivity index (χ1v) is 6.98. The Kier molecular flexibility index (Phi) is 3.59. The van der Waals surface area contributed by atoms with E-state index >= 15 is 0 Å². The molecule has 3 nitrogen and oxygen atoms in total. The van der Waals surface area contributed by atoms with Gasteiger partial charge in [0.25, 0.3) is 5.91 Å². The van der Waals surface area contributed by atoms with E-state index < -0.39 is 0 Å². The second-order valence-electron chi connectivity index (χ2n) is 5.29. The molecule has 4 heteroatoms. The summed E-state index contributed by atoms with van der Waals surface area (Å²) in [5, 5.41) is 3.60. The average Bonchev–Trinajstić information content (AvgIpc) is 2.49. The topological polar surface area (TPSA) is 42.0 Å². The molecule has 0 aliphatic heterocycles. The fourth-order valence-electron chi connectivity index (χ4n) is 2.39. The van der Waals surface area contributed by atoms with E-state index in [4.69, 9.17) is 0 Å². The second-order valence-corrected chi connectivity index (χ2v) is 5.29. The fraction of sp³-hybridized carbons (Fsp3) is 0.111. The molecule has 22 heavy (non-hydrogen) atoms. The summed E-state index contributed by atoms with van der Waals surface area (Å²) in [7, 11) is 0. The van der Waals surface area contributed by atoms with Gasteiger partial charge >= 0.3 is 0 Å². The number of nitrogens with one attached hydrogen (secondary N) is 1. The molecule has 3 aromatic rings. The minimum atomic E-state index is -0.334. The Morgan fingerprint density at radius 1 is 1.05 bits per heavy atom. The number of hydrogen-bond donors (Lipinski definition) is 1. The van der Waals surface area contributed by atoms with Gasteiger partial charge in [-0.05, 0) is 56.3 Å². The number of rotatable bonds is 2. The van der Waals surface area contributed by atoms with Gasteiger partial charge in [-0.2, -0.15) is 0 Å². The Bertz CT molecular complexity index is 857. The van der Waals surface area contributed by atoms with E-state index in [9.17, 15) is 9.18 Å². The number of carbonyl (C=O) groups is 1. The first-order valence-electron chi connectivity index (χ1n) is 6.98. The number of amides is 1. The second kappa shape index (κ2) is 5.56. The number of halogens is 1. The highest BCUT2D eigenvalue weighted by Crippen LogP contribution is 2.21. The zero-order valence-electron chi connectivity index (χ0n) is 12.4. The third-order valence-electron chi connectivity index (χ3n) is 3.44. The number of carbonyl (C=O) groups excluding carboxylic acids is 1. The van der Waals surface area contributed by atoms with E-state index in [0.717, 1.165) is 22.2 Å². The highest BCUT2D eigenvalue weighted by Gasteiger charge is 2.12. The maximum atomic E-state index is 12.9. The molecule has 1 N–H and O–H groups in total. The van der Waals surface area contributed by atoms with Crippen molar-refractivity contribution in [1.29, 1.82) is 0 Å². The lowest BCUT2D eigenvalue weighted by atomic mass is 10.0. The van der Waals surface area contributed by atoms with Crippen molar-refractivity contribution in [1.82, 2.24) is 4.98 Å². The molecule has 0 spiro atoms. The lowest BCUT2D eigenvalue weighted by Gasteiger charge is -2.10. The zero-order valence-corrected chi connectivity index (χ0v) is 12.4. The Labute approximate surface area is 127 Å². The predicted molar refractivity (Wildman–Crippen MR) is 85.6 cm³/mol. The standard InChI is InChI=1S/C18H15FN2O/c1-11-3-8-17-15(9-11)16(10-12(2)20-17)18(22)21-14-6-4-13(19)5-7-14/h3-10H,1-2H3,(H,21,22). The van der Waals surface area contributed by atoms with Crippen molar-refractivity contribution in [3.8, 4) is 0 Å². The number of benzene rings is 2. The smallest absolute Gasteiger partial charge is 0.256 e. The van der Waals surface area contributed by atoms with Crippen molar-refractivity contribution in [2.45, 2.75) is 13.8 Å². The molecule has 2 aromatic carbocycles. The number of hydrogen-bond acceptors (Lipinski definition) is 2. The van der Waals surface area contributed by atoms with Crippen LogP contribution in [0.3, 0.4) is 0 Å². The lowest BCUT2D eigenvalue weighted by Crippen LogP contribution is -2.13. The highest BCUT2D eigenvalue weighted by molar-refractivity contribution is 6.12. The molecule has 0 radical (unpaired) electrons. The Balaban J connectivity index is 2.03. The molecular formula is C18H15FN2O. The van der Waals surface area contributed by atoms with Gasteiger partial charge in [-0.3, -0.25) is 9.78 Å². The van der Waals surface area contributed by atoms with Crippen LogP contribution in [0.5, 0.6) is 0 Å². The number of pyridine rings is 1. The first-order chi connectivity index (χ1) is 10.5. The monoisotopic (exact) mass is 294 g/mol. The fourth-order valence-corrected chi connectivity index (χ4v) is 2.39. The summed E-state index contributed by atoms with van der Waals surface area (Å²) in [6, 6.07) is 13.3. The van der Waals surface area contributed by atoms with Crippen LogP contribution >= 0.6 is 0 Å². The molecule has 0 fully saturated rings. The van der Waals surface area contributed by atoms with Crippen LogP contribution in [0, 0.1) is 19.7 Å². The molecule has 1 heterocycles. The Morgan fingerprint density at radius 2 is 1.77 bits per heavy atom. The van der Waals surface area contributed by atoms with Crippen LogP contribution in [0.15, 0.2) is 48.5 Å². The van der Waals surface area contributed by atoms with E-state index in [1.807, 2.05) is 32.0 Å². The summed E-state index contributed by atoms with van der Waals surface area (Å²) < 4.78 is 12.9. The van der Waals surface area contributed by atoms with Crippen LogP contribution in [0.4, 0.5) is 10.1 Å². The van der Waals surface area contributed by atoms with Gasteiger partial charge in [-0.25, -0.2) is 4.39 Å². The lowest BCUT2D eigenvalue weighted by molar-refractivity contribution is 0.102. The van der Waals surface area contributed by atoms with E-state index in [2.05, 4.69) is 10.3 Å². The van der Waals surface area contributed by atoms with Gasteiger partial charge in [-0.1, -0.05) is 11.6 Å². The van der Waals surface area contributed by atoms with Crippen molar-refractivity contribution in [2.75, 3.05) is 5.32 Å². The molecular weight excluding hydrogens is 279 g/mol. The van der Waals surface area contributed by atoms with E-state index in [-0.39, 0.29) is 11.7 Å². The normalized spacial score (nSPS) is 10.7. The summed E-state index contributed by atoms with van der Waals surface area (Å²) in [5.74, 6) is -0.563. The minimum Gasteiger partial charge on any atom is -0.322 e. The van der Waals surface area contributed by atoms with Gasteiger partial charge in [-0.15, -0.1) is 0 Å². The van der Waals surface area contributed by atoms with Crippen molar-refractivity contribution < 1.29 is 9.18 Å². The molecule has 0 bridgehead atoms. The van der Waals surface area contributed by atoms with E-state index in [1.54, 1.807) is 6.07 Å². The number of fused-ring (bicyclic) bond motifs is 1. The van der Waals surface area contributed by atoms with Gasteiger partial charge < -0.3 is 5.32 Å². The molecule has 3 rings (SSSR count). The molecule has 0 aliphatic carbocycles. The van der Waals surface area contributed by atoms with Gasteiger partial charge in [0.2, 0.25) is 0 Å². The number of aryl methyl sites for hydroxylation is 2. The van der Waals surface area contributed by atoms with Crippen molar-refractivity contribution in [3.05, 3.63) is 71.2 Å². The van der Waals surface area contributed by atoms with Crippen molar-refractivity contribution >= 4 is 22.5 Å². The van der Waals surface area contributed by atoms with Crippen LogP contribution < -0.4 is 5.32 Å². The van der Waals surface area contributed by atoms with E-state index in [0.29, 0.717) is 11.3 Å². The van der Waals surface area contributed by atoms with Crippen molar-refractivity contribution in [2.24, 2.45) is 0 Å². The zero-order chi connectivity index (χ0) is 15.7. The molecule has 0 saturated carbocycles. The van der Waals surface area contributed by atoms with Gasteiger partial charge in [0.1, 0.15) is 5.82 Å². The summed E-state index contributed by atoms with van der Waals surface area (Å²) >= 11 is 0. The van der Waals surface area contributed by atoms with Gasteiger partial charge in [0.15, 0.2) is 0 Å². The summed E-state index contributed by atoms with van der Waals surface area (Å²) in [4.78, 5) is 17.0. The average molecular weight is 294 g/mol. The summed E-state index contributed by atoms with van der Waals surface area (Å²) in [6.45, 7) is 3.83. The number of nitrogens with zero attached hydrogens (tertiary/aromatic N) is 1. The van der Waals surface area contributed by atoms with Gasteiger partial charge in [0.05, 0.1) is 11.1 Å². The van der Waals surface area contributed by atoms with Crippen molar-refractivity contribution in [3.63, 3.8) is 0 Å². The maximum Gasteiger partial charge on any atom is 0.256 e. The van der Waals surface area contributed by atoms with Crippen LogP contribution in [0.1, 0.15) is 21.6 Å². The quantitative estimate of drug-likeness (QED) is 0.768. The Morgan fingerprint density at radius 3 is 2.50 bits per heavy atom. The minimum absolute atomic E-state index is 0.229.